The molecule has 0 bridgehead atoms. The largest absolute Gasteiger partial charge is 0.337 e. The lowest BCUT2D eigenvalue weighted by Crippen LogP contribution is -1.96. The first-order valence-electron chi connectivity index (χ1n) is 6.24. The zero-order valence-corrected chi connectivity index (χ0v) is 11.4. The molecule has 0 saturated heterocycles. The van der Waals surface area contributed by atoms with E-state index in [1.54, 1.807) is 6.20 Å². The summed E-state index contributed by atoms with van der Waals surface area (Å²) in [7, 11) is 0. The summed E-state index contributed by atoms with van der Waals surface area (Å²) in [5.74, 6) is 0.990. The van der Waals surface area contributed by atoms with Crippen LogP contribution >= 0.6 is 11.6 Å². The van der Waals surface area contributed by atoms with Gasteiger partial charge in [0, 0.05) is 11.9 Å². The van der Waals surface area contributed by atoms with Crippen LogP contribution < -0.4 is 0 Å². The number of aromatic nitrogens is 3. The highest BCUT2D eigenvalue weighted by molar-refractivity contribution is 6.22. The Balaban J connectivity index is 1.77. The number of benzene rings is 1. The van der Waals surface area contributed by atoms with Crippen LogP contribution in [0.3, 0.4) is 0 Å². The number of nitrogens with zero attached hydrogens (tertiary/aromatic N) is 3. The fourth-order valence-corrected chi connectivity index (χ4v) is 2.11. The molecular weight excluding hydrogens is 274 g/mol. The fourth-order valence-electron chi connectivity index (χ4n) is 1.87. The van der Waals surface area contributed by atoms with Gasteiger partial charge in [-0.3, -0.25) is 4.98 Å². The maximum Gasteiger partial charge on any atom is 0.249 e. The third-order valence-corrected chi connectivity index (χ3v) is 3.30. The van der Waals surface area contributed by atoms with Gasteiger partial charge in [0.15, 0.2) is 5.82 Å². The van der Waals surface area contributed by atoms with Gasteiger partial charge in [-0.25, -0.2) is 0 Å². The number of hydrogen-bond donors (Lipinski definition) is 0. The third kappa shape index (κ3) is 2.86. The van der Waals surface area contributed by atoms with Crippen molar-refractivity contribution in [2.75, 3.05) is 0 Å². The van der Waals surface area contributed by atoms with Crippen molar-refractivity contribution < 1.29 is 4.52 Å². The van der Waals surface area contributed by atoms with Crippen LogP contribution in [-0.2, 0) is 6.42 Å². The first-order valence-corrected chi connectivity index (χ1v) is 6.68. The smallest absolute Gasteiger partial charge is 0.249 e. The molecule has 1 atom stereocenters. The molecule has 0 aliphatic rings. The lowest BCUT2D eigenvalue weighted by Gasteiger charge is -2.03. The Labute approximate surface area is 121 Å². The van der Waals surface area contributed by atoms with Crippen molar-refractivity contribution in [1.82, 2.24) is 15.1 Å². The molecule has 0 aliphatic heterocycles. The van der Waals surface area contributed by atoms with Crippen LogP contribution in [0.2, 0.25) is 0 Å². The molecule has 20 heavy (non-hydrogen) atoms. The molecule has 0 aliphatic carbocycles. The monoisotopic (exact) mass is 285 g/mol. The van der Waals surface area contributed by atoms with E-state index in [1.165, 1.54) is 0 Å². The van der Waals surface area contributed by atoms with Crippen LogP contribution in [-0.4, -0.2) is 15.1 Å². The zero-order chi connectivity index (χ0) is 13.8. The maximum atomic E-state index is 6.34. The van der Waals surface area contributed by atoms with Gasteiger partial charge in [0.2, 0.25) is 5.89 Å². The molecule has 0 saturated carbocycles. The van der Waals surface area contributed by atoms with Crippen LogP contribution in [0.25, 0.3) is 0 Å². The summed E-state index contributed by atoms with van der Waals surface area (Å²) in [6.07, 6.45) is 2.27. The first-order chi connectivity index (χ1) is 9.83. The van der Waals surface area contributed by atoms with Crippen molar-refractivity contribution in [3.05, 3.63) is 77.7 Å². The quantitative estimate of drug-likeness (QED) is 0.690. The Morgan fingerprint density at radius 1 is 1.05 bits per heavy atom. The van der Waals surface area contributed by atoms with Gasteiger partial charge in [-0.1, -0.05) is 41.6 Å². The molecule has 2 aromatic heterocycles. The van der Waals surface area contributed by atoms with Gasteiger partial charge >= 0.3 is 0 Å². The van der Waals surface area contributed by atoms with Gasteiger partial charge in [0.25, 0.3) is 0 Å². The average Bonchev–Trinajstić information content (AvgIpc) is 2.97. The molecule has 0 N–H and O–H groups in total. The fraction of sp³-hybridized carbons (Fsp3) is 0.133. The summed E-state index contributed by atoms with van der Waals surface area (Å²) in [5, 5.41) is 3.52. The SMILES string of the molecule is ClC(c1ccccc1)c1nc(Cc2ccccn2)no1. The first kappa shape index (κ1) is 12.8. The highest BCUT2D eigenvalue weighted by Gasteiger charge is 2.18. The van der Waals surface area contributed by atoms with Gasteiger partial charge < -0.3 is 4.52 Å². The summed E-state index contributed by atoms with van der Waals surface area (Å²) < 4.78 is 5.23. The van der Waals surface area contributed by atoms with Crippen molar-refractivity contribution in [3.63, 3.8) is 0 Å². The van der Waals surface area contributed by atoms with Crippen molar-refractivity contribution in [2.24, 2.45) is 0 Å². The van der Waals surface area contributed by atoms with Crippen molar-refractivity contribution in [1.29, 1.82) is 0 Å². The minimum atomic E-state index is -0.429. The number of rotatable bonds is 4. The number of pyridine rings is 1. The summed E-state index contributed by atoms with van der Waals surface area (Å²) in [6.45, 7) is 0. The van der Waals surface area contributed by atoms with E-state index in [0.29, 0.717) is 18.1 Å². The van der Waals surface area contributed by atoms with Gasteiger partial charge in [0.1, 0.15) is 5.38 Å². The Bertz CT molecular complexity index is 670. The van der Waals surface area contributed by atoms with Crippen molar-refractivity contribution in [2.45, 2.75) is 11.8 Å². The molecular formula is C15H12ClN3O. The van der Waals surface area contributed by atoms with E-state index in [0.717, 1.165) is 11.3 Å². The van der Waals surface area contributed by atoms with E-state index >= 15 is 0 Å². The Morgan fingerprint density at radius 3 is 2.60 bits per heavy atom. The molecule has 0 radical (unpaired) electrons. The molecule has 100 valence electrons. The standard InChI is InChI=1S/C15H12ClN3O/c16-14(11-6-2-1-3-7-11)15-18-13(19-20-15)10-12-8-4-5-9-17-12/h1-9,14H,10H2. The topological polar surface area (TPSA) is 51.8 Å². The Kier molecular flexibility index (Phi) is 3.74. The molecule has 0 fully saturated rings. The van der Waals surface area contributed by atoms with Crippen LogP contribution in [0.5, 0.6) is 0 Å². The Hall–Kier alpha value is -2.20. The predicted molar refractivity (Wildman–Crippen MR) is 75.5 cm³/mol. The molecule has 3 rings (SSSR count). The van der Waals surface area contributed by atoms with Crippen LogP contribution in [0.15, 0.2) is 59.3 Å². The van der Waals surface area contributed by atoms with Crippen LogP contribution in [0.4, 0.5) is 0 Å². The van der Waals surface area contributed by atoms with E-state index in [1.807, 2.05) is 48.5 Å². The number of hydrogen-bond acceptors (Lipinski definition) is 4. The summed E-state index contributed by atoms with van der Waals surface area (Å²) in [6, 6.07) is 15.4. The molecule has 5 heteroatoms. The normalized spacial score (nSPS) is 12.2. The van der Waals surface area contributed by atoms with Crippen LogP contribution in [0, 0.1) is 0 Å². The molecule has 3 aromatic rings. The molecule has 0 amide bonds. The van der Waals surface area contributed by atoms with E-state index in [9.17, 15) is 0 Å². The van der Waals surface area contributed by atoms with E-state index in [4.69, 9.17) is 16.1 Å². The summed E-state index contributed by atoms with van der Waals surface area (Å²) >= 11 is 6.34. The number of halogens is 1. The van der Waals surface area contributed by atoms with Crippen molar-refractivity contribution >= 4 is 11.6 Å². The molecule has 1 unspecified atom stereocenters. The molecule has 0 spiro atoms. The second-order valence-electron chi connectivity index (χ2n) is 4.32. The van der Waals surface area contributed by atoms with Gasteiger partial charge in [-0.2, -0.15) is 4.98 Å². The molecule has 1 aromatic carbocycles. The zero-order valence-electron chi connectivity index (χ0n) is 10.6. The minimum absolute atomic E-state index is 0.406. The highest BCUT2D eigenvalue weighted by atomic mass is 35.5. The number of alkyl halides is 1. The second-order valence-corrected chi connectivity index (χ2v) is 4.76. The highest BCUT2D eigenvalue weighted by Crippen LogP contribution is 2.27. The molecule has 2 heterocycles. The summed E-state index contributed by atoms with van der Waals surface area (Å²) in [4.78, 5) is 8.56. The van der Waals surface area contributed by atoms with E-state index < -0.39 is 5.38 Å². The maximum absolute atomic E-state index is 6.34. The van der Waals surface area contributed by atoms with E-state index in [2.05, 4.69) is 15.1 Å². The average molecular weight is 286 g/mol. The lowest BCUT2D eigenvalue weighted by atomic mass is 10.1. The minimum Gasteiger partial charge on any atom is -0.337 e. The molecule has 4 nitrogen and oxygen atoms in total. The van der Waals surface area contributed by atoms with Crippen LogP contribution in [0.1, 0.15) is 28.3 Å². The third-order valence-electron chi connectivity index (χ3n) is 2.86. The van der Waals surface area contributed by atoms with Gasteiger partial charge in [-0.15, -0.1) is 11.6 Å². The summed E-state index contributed by atoms with van der Waals surface area (Å²) in [5.41, 5.74) is 1.83. The second kappa shape index (κ2) is 5.84. The van der Waals surface area contributed by atoms with Gasteiger partial charge in [-0.05, 0) is 17.7 Å². The Morgan fingerprint density at radius 2 is 1.85 bits per heavy atom. The predicted octanol–water partition coefficient (Wildman–Crippen LogP) is 3.38. The lowest BCUT2D eigenvalue weighted by molar-refractivity contribution is 0.377. The van der Waals surface area contributed by atoms with E-state index in [-0.39, 0.29) is 0 Å². The van der Waals surface area contributed by atoms with Gasteiger partial charge in [0.05, 0.1) is 6.42 Å². The van der Waals surface area contributed by atoms with Crippen molar-refractivity contribution in [3.8, 4) is 0 Å².